The van der Waals surface area contributed by atoms with E-state index in [9.17, 15) is 14.0 Å². The summed E-state index contributed by atoms with van der Waals surface area (Å²) >= 11 is 0. The number of hydrogen-bond donors (Lipinski definition) is 0. The molecule has 1 amide bonds. The van der Waals surface area contributed by atoms with Crippen LogP contribution in [0.3, 0.4) is 0 Å². The largest absolute Gasteiger partial charge is 0.481 e. The quantitative estimate of drug-likeness (QED) is 0.764. The van der Waals surface area contributed by atoms with Gasteiger partial charge in [0, 0.05) is 18.7 Å². The average molecular weight is 251 g/mol. The molecule has 0 N–H and O–H groups in total. The van der Waals surface area contributed by atoms with Crippen molar-refractivity contribution in [2.45, 2.75) is 12.8 Å². The Balaban J connectivity index is 1.93. The molecule has 0 atom stereocenters. The number of halogens is 1. The summed E-state index contributed by atoms with van der Waals surface area (Å²) in [5.41, 5.74) is 0.241. The summed E-state index contributed by atoms with van der Waals surface area (Å²) in [7, 11) is 0. The minimum Gasteiger partial charge on any atom is -0.481 e. The SMILES string of the molecule is O=Cc1ccc(OCC(=O)N2CCCC2)c(F)c1. The second-order valence-corrected chi connectivity index (χ2v) is 4.18. The first-order valence-corrected chi connectivity index (χ1v) is 5.86. The Morgan fingerprint density at radius 2 is 2.11 bits per heavy atom. The van der Waals surface area contributed by atoms with E-state index < -0.39 is 5.82 Å². The van der Waals surface area contributed by atoms with Crippen LogP contribution in [-0.2, 0) is 4.79 Å². The van der Waals surface area contributed by atoms with Gasteiger partial charge in [-0.05, 0) is 31.0 Å². The first-order chi connectivity index (χ1) is 8.70. The van der Waals surface area contributed by atoms with Crippen LogP contribution in [0.5, 0.6) is 5.75 Å². The molecule has 5 heteroatoms. The molecule has 1 aromatic rings. The third-order valence-electron chi connectivity index (χ3n) is 2.90. The van der Waals surface area contributed by atoms with Crippen molar-refractivity contribution in [1.29, 1.82) is 0 Å². The minimum atomic E-state index is -0.631. The number of nitrogens with zero attached hydrogens (tertiary/aromatic N) is 1. The van der Waals surface area contributed by atoms with Crippen molar-refractivity contribution >= 4 is 12.2 Å². The van der Waals surface area contributed by atoms with Gasteiger partial charge < -0.3 is 9.64 Å². The zero-order valence-corrected chi connectivity index (χ0v) is 9.89. The molecule has 1 aromatic carbocycles. The minimum absolute atomic E-state index is 0.00635. The number of amides is 1. The summed E-state index contributed by atoms with van der Waals surface area (Å²) in [5, 5.41) is 0. The summed E-state index contributed by atoms with van der Waals surface area (Å²) in [5.74, 6) is -0.770. The molecule has 96 valence electrons. The van der Waals surface area contributed by atoms with Crippen LogP contribution in [0.4, 0.5) is 4.39 Å². The maximum absolute atomic E-state index is 13.5. The Labute approximate surface area is 104 Å². The Morgan fingerprint density at radius 1 is 1.39 bits per heavy atom. The first kappa shape index (κ1) is 12.5. The first-order valence-electron chi connectivity index (χ1n) is 5.86. The molecule has 0 unspecified atom stereocenters. The van der Waals surface area contributed by atoms with Gasteiger partial charge in [0.1, 0.15) is 6.29 Å². The van der Waals surface area contributed by atoms with Gasteiger partial charge in [-0.3, -0.25) is 9.59 Å². The summed E-state index contributed by atoms with van der Waals surface area (Å²) in [6.45, 7) is 1.32. The molecular weight excluding hydrogens is 237 g/mol. The highest BCUT2D eigenvalue weighted by Crippen LogP contribution is 2.18. The van der Waals surface area contributed by atoms with Crippen LogP contribution in [0.1, 0.15) is 23.2 Å². The lowest BCUT2D eigenvalue weighted by molar-refractivity contribution is -0.132. The topological polar surface area (TPSA) is 46.6 Å². The summed E-state index contributed by atoms with van der Waals surface area (Å²) < 4.78 is 18.6. The van der Waals surface area contributed by atoms with E-state index in [2.05, 4.69) is 0 Å². The number of benzene rings is 1. The standard InChI is InChI=1S/C13H14FNO3/c14-11-7-10(8-16)3-4-12(11)18-9-13(17)15-5-1-2-6-15/h3-4,7-8H,1-2,5-6,9H2. The van der Waals surface area contributed by atoms with E-state index in [0.717, 1.165) is 32.0 Å². The smallest absolute Gasteiger partial charge is 0.260 e. The number of rotatable bonds is 4. The third-order valence-corrected chi connectivity index (χ3v) is 2.90. The number of hydrogen-bond acceptors (Lipinski definition) is 3. The zero-order chi connectivity index (χ0) is 13.0. The van der Waals surface area contributed by atoms with Crippen molar-refractivity contribution in [3.63, 3.8) is 0 Å². The van der Waals surface area contributed by atoms with E-state index in [4.69, 9.17) is 4.74 Å². The monoisotopic (exact) mass is 251 g/mol. The lowest BCUT2D eigenvalue weighted by Gasteiger charge is -2.15. The highest BCUT2D eigenvalue weighted by molar-refractivity contribution is 5.78. The molecule has 0 bridgehead atoms. The number of ether oxygens (including phenoxy) is 1. The van der Waals surface area contributed by atoms with Crippen molar-refractivity contribution in [3.8, 4) is 5.75 Å². The molecule has 0 radical (unpaired) electrons. The van der Waals surface area contributed by atoms with Gasteiger partial charge >= 0.3 is 0 Å². The van der Waals surface area contributed by atoms with Crippen LogP contribution in [-0.4, -0.2) is 36.8 Å². The van der Waals surface area contributed by atoms with Gasteiger partial charge in [-0.2, -0.15) is 0 Å². The molecule has 0 aliphatic carbocycles. The van der Waals surface area contributed by atoms with Gasteiger partial charge in [0.05, 0.1) is 0 Å². The second-order valence-electron chi connectivity index (χ2n) is 4.18. The fourth-order valence-electron chi connectivity index (χ4n) is 1.90. The van der Waals surface area contributed by atoms with Gasteiger partial charge in [0.25, 0.3) is 5.91 Å². The molecule has 0 aromatic heterocycles. The summed E-state index contributed by atoms with van der Waals surface area (Å²) in [6.07, 6.45) is 2.57. The van der Waals surface area contributed by atoms with Crippen molar-refractivity contribution in [2.24, 2.45) is 0 Å². The highest BCUT2D eigenvalue weighted by atomic mass is 19.1. The normalized spacial score (nSPS) is 14.6. The molecule has 1 saturated heterocycles. The number of likely N-dealkylation sites (tertiary alicyclic amines) is 1. The third kappa shape index (κ3) is 2.85. The van der Waals surface area contributed by atoms with Crippen LogP contribution >= 0.6 is 0 Å². The second kappa shape index (κ2) is 5.62. The van der Waals surface area contributed by atoms with Gasteiger partial charge in [-0.1, -0.05) is 0 Å². The lowest BCUT2D eigenvalue weighted by Crippen LogP contribution is -2.32. The molecule has 1 heterocycles. The maximum Gasteiger partial charge on any atom is 0.260 e. The molecule has 2 rings (SSSR count). The Bertz CT molecular complexity index is 456. The van der Waals surface area contributed by atoms with Gasteiger partial charge in [-0.15, -0.1) is 0 Å². The van der Waals surface area contributed by atoms with E-state index in [1.165, 1.54) is 12.1 Å². The Kier molecular flexibility index (Phi) is 3.92. The molecular formula is C13H14FNO3. The van der Waals surface area contributed by atoms with Crippen LogP contribution in [0.2, 0.25) is 0 Å². The maximum atomic E-state index is 13.5. The van der Waals surface area contributed by atoms with Crippen LogP contribution in [0, 0.1) is 5.82 Å². The molecule has 1 aliphatic heterocycles. The van der Waals surface area contributed by atoms with Crippen molar-refractivity contribution in [1.82, 2.24) is 4.90 Å². The molecule has 0 spiro atoms. The molecule has 4 nitrogen and oxygen atoms in total. The number of carbonyl (C=O) groups is 2. The highest BCUT2D eigenvalue weighted by Gasteiger charge is 2.18. The number of carbonyl (C=O) groups excluding carboxylic acids is 2. The fraction of sp³-hybridized carbons (Fsp3) is 0.385. The molecule has 1 fully saturated rings. The zero-order valence-electron chi connectivity index (χ0n) is 9.89. The molecule has 18 heavy (non-hydrogen) atoms. The number of aldehydes is 1. The van der Waals surface area contributed by atoms with E-state index in [-0.39, 0.29) is 23.8 Å². The van der Waals surface area contributed by atoms with Crippen LogP contribution < -0.4 is 4.74 Å². The molecule has 1 aliphatic rings. The van der Waals surface area contributed by atoms with E-state index in [1.807, 2.05) is 0 Å². The van der Waals surface area contributed by atoms with Crippen molar-refractivity contribution in [2.75, 3.05) is 19.7 Å². The van der Waals surface area contributed by atoms with Crippen molar-refractivity contribution in [3.05, 3.63) is 29.6 Å². The van der Waals surface area contributed by atoms with Crippen LogP contribution in [0.15, 0.2) is 18.2 Å². The lowest BCUT2D eigenvalue weighted by atomic mass is 10.2. The average Bonchev–Trinajstić information content (AvgIpc) is 2.90. The van der Waals surface area contributed by atoms with Gasteiger partial charge in [-0.25, -0.2) is 4.39 Å². The Hall–Kier alpha value is -1.91. The summed E-state index contributed by atoms with van der Waals surface area (Å²) in [6, 6.07) is 3.89. The van der Waals surface area contributed by atoms with Crippen LogP contribution in [0.25, 0.3) is 0 Å². The summed E-state index contributed by atoms with van der Waals surface area (Å²) in [4.78, 5) is 23.8. The van der Waals surface area contributed by atoms with E-state index >= 15 is 0 Å². The molecule has 0 saturated carbocycles. The predicted octanol–water partition coefficient (Wildman–Crippen LogP) is 1.64. The predicted molar refractivity (Wildman–Crippen MR) is 63.1 cm³/mol. The Morgan fingerprint density at radius 3 is 2.72 bits per heavy atom. The van der Waals surface area contributed by atoms with E-state index in [1.54, 1.807) is 4.90 Å². The van der Waals surface area contributed by atoms with Crippen molar-refractivity contribution < 1.29 is 18.7 Å². The van der Waals surface area contributed by atoms with E-state index in [0.29, 0.717) is 6.29 Å². The van der Waals surface area contributed by atoms with Gasteiger partial charge in [0.2, 0.25) is 0 Å². The van der Waals surface area contributed by atoms with Gasteiger partial charge in [0.15, 0.2) is 18.2 Å². The fourth-order valence-corrected chi connectivity index (χ4v) is 1.90.